The molecule has 1 atom stereocenters. The number of benzene rings is 3. The molecule has 180 valence electrons. The van der Waals surface area contributed by atoms with Crippen LogP contribution in [0.15, 0.2) is 48.5 Å². The fourth-order valence-corrected chi connectivity index (χ4v) is 5.06. The summed E-state index contributed by atoms with van der Waals surface area (Å²) in [5, 5.41) is 0.613. The van der Waals surface area contributed by atoms with E-state index in [-0.39, 0.29) is 11.3 Å². The first kappa shape index (κ1) is 23.3. The number of carbonyl (C=O) groups is 1. The van der Waals surface area contributed by atoms with Crippen molar-refractivity contribution in [2.45, 2.75) is 32.2 Å². The highest BCUT2D eigenvalue weighted by atomic mass is 35.5. The molecule has 2 heterocycles. The molecule has 1 aliphatic rings. The number of likely N-dealkylation sites (tertiary alicyclic amines) is 1. The first-order valence-electron chi connectivity index (χ1n) is 11.3. The van der Waals surface area contributed by atoms with E-state index < -0.39 is 23.1 Å². The standard InChI is InChI=1S/C27H24ClF2N3O2/c1-15-19(28)10-11-20-24(15)32-26(31-20)27(2)13-4-14-33(27)25(34)22-18(9-12-21(35-3)23(22)30)16-5-7-17(29)8-6-16/h5-12H,4,13-14H2,1-3H3,(H,31,32)/t27-/m0/s1. The second-order valence-electron chi connectivity index (χ2n) is 9.00. The monoisotopic (exact) mass is 495 g/mol. The highest BCUT2D eigenvalue weighted by Crippen LogP contribution is 2.41. The number of aryl methyl sites for hydroxylation is 1. The summed E-state index contributed by atoms with van der Waals surface area (Å²) in [6.07, 6.45) is 1.39. The van der Waals surface area contributed by atoms with Crippen LogP contribution in [0.5, 0.6) is 5.75 Å². The van der Waals surface area contributed by atoms with E-state index >= 15 is 4.39 Å². The van der Waals surface area contributed by atoms with E-state index in [1.807, 2.05) is 26.0 Å². The van der Waals surface area contributed by atoms with E-state index in [1.54, 1.807) is 11.0 Å². The number of ether oxygens (including phenoxy) is 1. The molecule has 1 aromatic heterocycles. The molecular weight excluding hydrogens is 472 g/mol. The number of amides is 1. The number of carbonyl (C=O) groups excluding carboxylic acids is 1. The molecule has 1 fully saturated rings. The van der Waals surface area contributed by atoms with Crippen LogP contribution in [-0.4, -0.2) is 34.4 Å². The Morgan fingerprint density at radius 3 is 2.60 bits per heavy atom. The number of methoxy groups -OCH3 is 1. The maximum Gasteiger partial charge on any atom is 0.258 e. The Morgan fingerprint density at radius 1 is 1.14 bits per heavy atom. The van der Waals surface area contributed by atoms with Gasteiger partial charge in [0.05, 0.1) is 29.2 Å². The number of hydrogen-bond donors (Lipinski definition) is 1. The van der Waals surface area contributed by atoms with Crippen molar-refractivity contribution in [3.05, 3.63) is 82.1 Å². The number of imidazole rings is 1. The van der Waals surface area contributed by atoms with Gasteiger partial charge in [0.25, 0.3) is 5.91 Å². The Labute approximate surface area is 206 Å². The van der Waals surface area contributed by atoms with Gasteiger partial charge in [0.2, 0.25) is 0 Å². The van der Waals surface area contributed by atoms with Gasteiger partial charge in [-0.1, -0.05) is 23.7 Å². The van der Waals surface area contributed by atoms with Crippen LogP contribution < -0.4 is 4.74 Å². The van der Waals surface area contributed by atoms with Crippen molar-refractivity contribution in [2.75, 3.05) is 13.7 Å². The average molecular weight is 496 g/mol. The summed E-state index contributed by atoms with van der Waals surface area (Å²) >= 11 is 6.29. The SMILES string of the molecule is COc1ccc(-c2ccc(F)cc2)c(C(=O)N2CCC[C@@]2(C)c2nc3c(C)c(Cl)ccc3[nH]2)c1F. The molecule has 5 rings (SSSR count). The highest BCUT2D eigenvalue weighted by Gasteiger charge is 2.45. The van der Waals surface area contributed by atoms with Crippen molar-refractivity contribution < 1.29 is 18.3 Å². The molecule has 1 aliphatic heterocycles. The molecule has 0 unspecified atom stereocenters. The molecular formula is C27H24ClF2N3O2. The number of nitrogens with one attached hydrogen (secondary N) is 1. The summed E-state index contributed by atoms with van der Waals surface area (Å²) < 4.78 is 34.4. The van der Waals surface area contributed by atoms with E-state index in [0.29, 0.717) is 34.9 Å². The van der Waals surface area contributed by atoms with Crippen molar-refractivity contribution >= 4 is 28.5 Å². The lowest BCUT2D eigenvalue weighted by atomic mass is 9.94. The van der Waals surface area contributed by atoms with Crippen LogP contribution in [0.2, 0.25) is 5.02 Å². The van der Waals surface area contributed by atoms with Crippen molar-refractivity contribution in [3.8, 4) is 16.9 Å². The Bertz CT molecular complexity index is 1450. The second kappa shape index (κ2) is 8.64. The topological polar surface area (TPSA) is 58.2 Å². The summed E-state index contributed by atoms with van der Waals surface area (Å²) in [4.78, 5) is 23.8. The zero-order chi connectivity index (χ0) is 24.9. The third kappa shape index (κ3) is 3.74. The number of hydrogen-bond acceptors (Lipinski definition) is 3. The lowest BCUT2D eigenvalue weighted by Gasteiger charge is -2.34. The molecule has 5 nitrogen and oxygen atoms in total. The first-order valence-corrected chi connectivity index (χ1v) is 11.7. The predicted octanol–water partition coefficient (Wildman–Crippen LogP) is 6.63. The lowest BCUT2D eigenvalue weighted by Crippen LogP contribution is -2.44. The minimum atomic E-state index is -0.787. The molecule has 0 spiro atoms. The Hall–Kier alpha value is -3.45. The number of aromatic nitrogens is 2. The highest BCUT2D eigenvalue weighted by molar-refractivity contribution is 6.32. The van der Waals surface area contributed by atoms with Crippen LogP contribution in [0.1, 0.15) is 41.5 Å². The fraction of sp³-hybridized carbons (Fsp3) is 0.259. The van der Waals surface area contributed by atoms with E-state index in [0.717, 1.165) is 23.0 Å². The zero-order valence-corrected chi connectivity index (χ0v) is 20.3. The lowest BCUT2D eigenvalue weighted by molar-refractivity contribution is 0.0601. The molecule has 0 saturated carbocycles. The molecule has 0 aliphatic carbocycles. The van der Waals surface area contributed by atoms with Gasteiger partial charge >= 0.3 is 0 Å². The number of nitrogens with zero attached hydrogens (tertiary/aromatic N) is 2. The van der Waals surface area contributed by atoms with Crippen molar-refractivity contribution in [1.29, 1.82) is 0 Å². The van der Waals surface area contributed by atoms with Gasteiger partial charge in [0, 0.05) is 11.6 Å². The van der Waals surface area contributed by atoms with E-state index in [2.05, 4.69) is 4.98 Å². The molecule has 1 amide bonds. The quantitative estimate of drug-likeness (QED) is 0.345. The Kier molecular flexibility index (Phi) is 5.75. The summed E-state index contributed by atoms with van der Waals surface area (Å²) in [5.41, 5.74) is 2.42. The van der Waals surface area contributed by atoms with Gasteiger partial charge in [0.1, 0.15) is 11.6 Å². The Morgan fingerprint density at radius 2 is 1.89 bits per heavy atom. The molecule has 35 heavy (non-hydrogen) atoms. The van der Waals surface area contributed by atoms with Gasteiger partial charge in [-0.05, 0) is 79.8 Å². The van der Waals surface area contributed by atoms with Gasteiger partial charge in [-0.15, -0.1) is 0 Å². The van der Waals surface area contributed by atoms with Gasteiger partial charge in [-0.25, -0.2) is 13.8 Å². The second-order valence-corrected chi connectivity index (χ2v) is 9.41. The van der Waals surface area contributed by atoms with E-state index in [9.17, 15) is 9.18 Å². The fourth-order valence-electron chi connectivity index (χ4n) is 4.91. The third-order valence-corrected chi connectivity index (χ3v) is 7.34. The van der Waals surface area contributed by atoms with E-state index in [1.165, 1.54) is 37.4 Å². The van der Waals surface area contributed by atoms with Crippen molar-refractivity contribution in [1.82, 2.24) is 14.9 Å². The minimum Gasteiger partial charge on any atom is -0.494 e. The van der Waals surface area contributed by atoms with Crippen molar-refractivity contribution in [2.24, 2.45) is 0 Å². The van der Waals surface area contributed by atoms with Crippen LogP contribution in [0.25, 0.3) is 22.2 Å². The maximum atomic E-state index is 15.6. The third-order valence-electron chi connectivity index (χ3n) is 6.93. The molecule has 8 heteroatoms. The zero-order valence-electron chi connectivity index (χ0n) is 19.6. The number of rotatable bonds is 4. The maximum absolute atomic E-state index is 15.6. The van der Waals surface area contributed by atoms with Crippen LogP contribution in [0, 0.1) is 18.6 Å². The van der Waals surface area contributed by atoms with Gasteiger partial charge in [-0.3, -0.25) is 4.79 Å². The number of fused-ring (bicyclic) bond motifs is 1. The van der Waals surface area contributed by atoms with Crippen LogP contribution in [-0.2, 0) is 5.54 Å². The summed E-state index contributed by atoms with van der Waals surface area (Å²) in [5.74, 6) is -1.05. The average Bonchev–Trinajstić information content (AvgIpc) is 3.47. The van der Waals surface area contributed by atoms with Gasteiger partial charge < -0.3 is 14.6 Å². The largest absolute Gasteiger partial charge is 0.494 e. The number of H-pyrrole nitrogens is 1. The number of halogens is 3. The van der Waals surface area contributed by atoms with Crippen LogP contribution >= 0.6 is 11.6 Å². The van der Waals surface area contributed by atoms with Gasteiger partial charge in [-0.2, -0.15) is 0 Å². The Balaban J connectivity index is 1.63. The predicted molar refractivity (Wildman–Crippen MR) is 132 cm³/mol. The van der Waals surface area contributed by atoms with Crippen molar-refractivity contribution in [3.63, 3.8) is 0 Å². The molecule has 4 aromatic rings. The number of aromatic amines is 1. The summed E-state index contributed by atoms with van der Waals surface area (Å²) in [7, 11) is 1.35. The molecule has 1 N–H and O–H groups in total. The van der Waals surface area contributed by atoms with Gasteiger partial charge in [0.15, 0.2) is 11.6 Å². The van der Waals surface area contributed by atoms with Crippen LogP contribution in [0.4, 0.5) is 8.78 Å². The minimum absolute atomic E-state index is 0.0332. The molecule has 1 saturated heterocycles. The first-order chi connectivity index (χ1) is 16.7. The molecule has 0 bridgehead atoms. The van der Waals surface area contributed by atoms with Crippen LogP contribution in [0.3, 0.4) is 0 Å². The molecule has 3 aromatic carbocycles. The summed E-state index contributed by atoms with van der Waals surface area (Å²) in [6.45, 7) is 4.27. The summed E-state index contributed by atoms with van der Waals surface area (Å²) in [6, 6.07) is 12.4. The molecule has 0 radical (unpaired) electrons. The smallest absolute Gasteiger partial charge is 0.258 e. The van der Waals surface area contributed by atoms with E-state index in [4.69, 9.17) is 21.3 Å². The normalized spacial score (nSPS) is 17.8.